The first-order valence-electron chi connectivity index (χ1n) is 6.12. The molecule has 100 valence electrons. The molecule has 0 fully saturated rings. The summed E-state index contributed by atoms with van der Waals surface area (Å²) >= 11 is 0. The van der Waals surface area contributed by atoms with E-state index in [0.29, 0.717) is 6.54 Å². The standard InChI is InChI=1S/C14H22N2O2/c1-11(2)15-14(17)10-16(3)9-12-6-5-7-13(8-12)18-4/h5-8,11H,9-10H2,1-4H3,(H,15,17). The summed E-state index contributed by atoms with van der Waals surface area (Å²) in [6.45, 7) is 5.04. The van der Waals surface area contributed by atoms with E-state index < -0.39 is 0 Å². The summed E-state index contributed by atoms with van der Waals surface area (Å²) in [5, 5.41) is 2.88. The van der Waals surface area contributed by atoms with Gasteiger partial charge in [0.1, 0.15) is 5.75 Å². The quantitative estimate of drug-likeness (QED) is 0.834. The van der Waals surface area contributed by atoms with Gasteiger partial charge in [-0.25, -0.2) is 0 Å². The predicted octanol–water partition coefficient (Wildman–Crippen LogP) is 1.65. The average molecular weight is 250 g/mol. The maximum atomic E-state index is 11.6. The van der Waals surface area contributed by atoms with Crippen molar-refractivity contribution in [1.82, 2.24) is 10.2 Å². The van der Waals surface area contributed by atoms with Gasteiger partial charge in [0.25, 0.3) is 0 Å². The summed E-state index contributed by atoms with van der Waals surface area (Å²) in [5.41, 5.74) is 1.13. The fourth-order valence-electron chi connectivity index (χ4n) is 1.75. The van der Waals surface area contributed by atoms with E-state index in [2.05, 4.69) is 5.32 Å². The molecule has 1 aromatic rings. The number of amides is 1. The smallest absolute Gasteiger partial charge is 0.234 e. The van der Waals surface area contributed by atoms with Crippen LogP contribution in [0.25, 0.3) is 0 Å². The molecule has 0 aliphatic carbocycles. The molecule has 4 nitrogen and oxygen atoms in total. The maximum Gasteiger partial charge on any atom is 0.234 e. The summed E-state index contributed by atoms with van der Waals surface area (Å²) in [4.78, 5) is 13.6. The highest BCUT2D eigenvalue weighted by molar-refractivity contribution is 5.78. The number of benzene rings is 1. The Bertz CT molecular complexity index is 391. The third-order valence-corrected chi connectivity index (χ3v) is 2.45. The zero-order valence-corrected chi connectivity index (χ0v) is 11.6. The van der Waals surface area contributed by atoms with E-state index in [1.54, 1.807) is 7.11 Å². The number of likely N-dealkylation sites (N-methyl/N-ethyl adjacent to an activating group) is 1. The van der Waals surface area contributed by atoms with Gasteiger partial charge in [-0.1, -0.05) is 12.1 Å². The van der Waals surface area contributed by atoms with Gasteiger partial charge >= 0.3 is 0 Å². The second-order valence-electron chi connectivity index (χ2n) is 4.75. The molecule has 0 aromatic heterocycles. The van der Waals surface area contributed by atoms with E-state index >= 15 is 0 Å². The molecule has 1 rings (SSSR count). The molecular weight excluding hydrogens is 228 g/mol. The fraction of sp³-hybridized carbons (Fsp3) is 0.500. The number of hydrogen-bond donors (Lipinski definition) is 1. The van der Waals surface area contributed by atoms with E-state index in [0.717, 1.165) is 17.9 Å². The summed E-state index contributed by atoms with van der Waals surface area (Å²) in [6.07, 6.45) is 0. The van der Waals surface area contributed by atoms with Crippen molar-refractivity contribution in [3.05, 3.63) is 29.8 Å². The summed E-state index contributed by atoms with van der Waals surface area (Å²) < 4.78 is 5.17. The van der Waals surface area contributed by atoms with Crippen molar-refractivity contribution in [1.29, 1.82) is 0 Å². The Morgan fingerprint density at radius 3 is 2.78 bits per heavy atom. The number of nitrogens with zero attached hydrogens (tertiary/aromatic N) is 1. The zero-order chi connectivity index (χ0) is 13.5. The van der Waals surface area contributed by atoms with Gasteiger partial charge in [-0.3, -0.25) is 9.69 Å². The second kappa shape index (κ2) is 7.01. The number of carbonyl (C=O) groups is 1. The van der Waals surface area contributed by atoms with Crippen molar-refractivity contribution in [2.24, 2.45) is 0 Å². The van der Waals surface area contributed by atoms with E-state index in [4.69, 9.17) is 4.74 Å². The lowest BCUT2D eigenvalue weighted by molar-refractivity contribution is -0.122. The Labute approximate surface area is 109 Å². The number of hydrogen-bond acceptors (Lipinski definition) is 3. The number of nitrogens with one attached hydrogen (secondary N) is 1. The second-order valence-corrected chi connectivity index (χ2v) is 4.75. The molecule has 0 radical (unpaired) electrons. The molecule has 0 bridgehead atoms. The zero-order valence-electron chi connectivity index (χ0n) is 11.6. The van der Waals surface area contributed by atoms with Crippen LogP contribution >= 0.6 is 0 Å². The Hall–Kier alpha value is -1.55. The van der Waals surface area contributed by atoms with Crippen LogP contribution in [0.5, 0.6) is 5.75 Å². The highest BCUT2D eigenvalue weighted by Crippen LogP contribution is 2.13. The van der Waals surface area contributed by atoms with Gasteiger partial charge in [0.15, 0.2) is 0 Å². The van der Waals surface area contributed by atoms with Crippen LogP contribution < -0.4 is 10.1 Å². The number of rotatable bonds is 6. The molecule has 0 unspecified atom stereocenters. The van der Waals surface area contributed by atoms with Crippen LogP contribution in [0.2, 0.25) is 0 Å². The van der Waals surface area contributed by atoms with Crippen LogP contribution in [-0.2, 0) is 11.3 Å². The van der Waals surface area contributed by atoms with Crippen molar-refractivity contribution < 1.29 is 9.53 Å². The van der Waals surface area contributed by atoms with Crippen molar-refractivity contribution in [2.75, 3.05) is 20.7 Å². The third-order valence-electron chi connectivity index (χ3n) is 2.45. The lowest BCUT2D eigenvalue weighted by atomic mass is 10.2. The van der Waals surface area contributed by atoms with Crippen molar-refractivity contribution in [2.45, 2.75) is 26.4 Å². The minimum atomic E-state index is 0.0513. The van der Waals surface area contributed by atoms with Gasteiger partial charge in [-0.15, -0.1) is 0 Å². The maximum absolute atomic E-state index is 11.6. The molecule has 1 aromatic carbocycles. The van der Waals surface area contributed by atoms with Gasteiger partial charge in [0, 0.05) is 12.6 Å². The molecule has 18 heavy (non-hydrogen) atoms. The normalized spacial score (nSPS) is 10.8. The molecule has 0 spiro atoms. The lowest BCUT2D eigenvalue weighted by Gasteiger charge is -2.17. The molecule has 0 atom stereocenters. The Balaban J connectivity index is 2.48. The van der Waals surface area contributed by atoms with E-state index in [1.807, 2.05) is 50.1 Å². The third kappa shape index (κ3) is 5.19. The first-order chi connectivity index (χ1) is 8.51. The highest BCUT2D eigenvalue weighted by atomic mass is 16.5. The summed E-state index contributed by atoms with van der Waals surface area (Å²) in [6, 6.07) is 8.06. The lowest BCUT2D eigenvalue weighted by Crippen LogP contribution is -2.38. The van der Waals surface area contributed by atoms with E-state index in [1.165, 1.54) is 0 Å². The van der Waals surface area contributed by atoms with Gasteiger partial charge in [0.2, 0.25) is 5.91 Å². The fourth-order valence-corrected chi connectivity index (χ4v) is 1.75. The van der Waals surface area contributed by atoms with Crippen LogP contribution in [-0.4, -0.2) is 37.6 Å². The van der Waals surface area contributed by atoms with Crippen LogP contribution in [0.3, 0.4) is 0 Å². The van der Waals surface area contributed by atoms with Crippen molar-refractivity contribution in [3.63, 3.8) is 0 Å². The summed E-state index contributed by atoms with van der Waals surface area (Å²) in [7, 11) is 3.58. The molecule has 0 heterocycles. The average Bonchev–Trinajstić information content (AvgIpc) is 2.27. The first-order valence-corrected chi connectivity index (χ1v) is 6.12. The van der Waals surface area contributed by atoms with Crippen LogP contribution in [0, 0.1) is 0 Å². The topological polar surface area (TPSA) is 41.6 Å². The number of carbonyl (C=O) groups excluding carboxylic acids is 1. The number of methoxy groups -OCH3 is 1. The van der Waals surface area contributed by atoms with Gasteiger partial charge < -0.3 is 10.1 Å². The predicted molar refractivity (Wildman–Crippen MR) is 72.6 cm³/mol. The van der Waals surface area contributed by atoms with Gasteiger partial charge in [-0.05, 0) is 38.6 Å². The highest BCUT2D eigenvalue weighted by Gasteiger charge is 2.08. The van der Waals surface area contributed by atoms with Gasteiger partial charge in [0.05, 0.1) is 13.7 Å². The van der Waals surface area contributed by atoms with E-state index in [9.17, 15) is 4.79 Å². The van der Waals surface area contributed by atoms with Gasteiger partial charge in [-0.2, -0.15) is 0 Å². The Morgan fingerprint density at radius 2 is 2.17 bits per heavy atom. The minimum Gasteiger partial charge on any atom is -0.497 e. The SMILES string of the molecule is COc1cccc(CN(C)CC(=O)NC(C)C)c1. The largest absolute Gasteiger partial charge is 0.497 e. The van der Waals surface area contributed by atoms with Crippen LogP contribution in [0.1, 0.15) is 19.4 Å². The molecule has 4 heteroatoms. The Kier molecular flexibility index (Phi) is 5.65. The van der Waals surface area contributed by atoms with Crippen LogP contribution in [0.4, 0.5) is 0 Å². The van der Waals surface area contributed by atoms with Crippen molar-refractivity contribution in [3.8, 4) is 5.75 Å². The first kappa shape index (κ1) is 14.5. The molecule has 0 saturated heterocycles. The van der Waals surface area contributed by atoms with Crippen LogP contribution in [0.15, 0.2) is 24.3 Å². The van der Waals surface area contributed by atoms with Crippen molar-refractivity contribution >= 4 is 5.91 Å². The molecule has 0 aliphatic rings. The Morgan fingerprint density at radius 1 is 1.44 bits per heavy atom. The molecule has 0 aliphatic heterocycles. The monoisotopic (exact) mass is 250 g/mol. The number of ether oxygens (including phenoxy) is 1. The molecular formula is C14H22N2O2. The van der Waals surface area contributed by atoms with E-state index in [-0.39, 0.29) is 11.9 Å². The minimum absolute atomic E-state index is 0.0513. The summed E-state index contributed by atoms with van der Waals surface area (Å²) in [5.74, 6) is 0.892. The molecule has 1 amide bonds. The molecule has 0 saturated carbocycles. The molecule has 1 N–H and O–H groups in total.